The summed E-state index contributed by atoms with van der Waals surface area (Å²) in [5.41, 5.74) is 0. The zero-order valence-electron chi connectivity index (χ0n) is 12.2. The van der Waals surface area contributed by atoms with E-state index in [0.29, 0.717) is 0 Å². The minimum Gasteiger partial charge on any atom is -0.311 e. The smallest absolute Gasteiger partial charge is 0.0330 e. The Bertz CT molecular complexity index is 403. The van der Waals surface area contributed by atoms with Crippen LogP contribution in [0.4, 0.5) is 0 Å². The lowest BCUT2D eigenvalue weighted by Gasteiger charge is -2.37. The molecule has 2 aliphatic heterocycles. The largest absolute Gasteiger partial charge is 0.311 e. The van der Waals surface area contributed by atoms with Gasteiger partial charge in [0.15, 0.2) is 0 Å². The maximum absolute atomic E-state index is 3.76. The quantitative estimate of drug-likeness (QED) is 0.886. The number of thiophene rings is 1. The maximum atomic E-state index is 3.76. The molecule has 0 amide bonds. The third-order valence-corrected chi connectivity index (χ3v) is 5.62. The number of hydrogen-bond donors (Lipinski definition) is 1. The molecular formula is C16H26N2S. The fourth-order valence-electron chi connectivity index (χ4n) is 3.77. The molecule has 1 aromatic heterocycles. The second kappa shape index (κ2) is 5.94. The van der Waals surface area contributed by atoms with Gasteiger partial charge in [-0.3, -0.25) is 4.90 Å². The molecule has 2 fully saturated rings. The highest BCUT2D eigenvalue weighted by atomic mass is 32.1. The van der Waals surface area contributed by atoms with Gasteiger partial charge in [0.05, 0.1) is 0 Å². The van der Waals surface area contributed by atoms with Gasteiger partial charge >= 0.3 is 0 Å². The van der Waals surface area contributed by atoms with Crippen LogP contribution in [0.3, 0.4) is 0 Å². The second-order valence-electron chi connectivity index (χ2n) is 6.25. The Morgan fingerprint density at radius 2 is 2.00 bits per heavy atom. The Hall–Kier alpha value is -0.380. The third-order valence-electron chi connectivity index (χ3n) is 4.63. The Morgan fingerprint density at radius 3 is 2.58 bits per heavy atom. The van der Waals surface area contributed by atoms with Gasteiger partial charge in [-0.1, -0.05) is 6.92 Å². The zero-order valence-corrected chi connectivity index (χ0v) is 13.0. The first-order valence-electron chi connectivity index (χ1n) is 7.80. The van der Waals surface area contributed by atoms with E-state index >= 15 is 0 Å². The van der Waals surface area contributed by atoms with Crippen molar-refractivity contribution in [3.05, 3.63) is 21.9 Å². The predicted molar refractivity (Wildman–Crippen MR) is 82.7 cm³/mol. The van der Waals surface area contributed by atoms with Crippen molar-refractivity contribution >= 4 is 11.3 Å². The van der Waals surface area contributed by atoms with E-state index in [1.165, 1.54) is 48.4 Å². The van der Waals surface area contributed by atoms with Gasteiger partial charge in [0.1, 0.15) is 0 Å². The van der Waals surface area contributed by atoms with Crippen molar-refractivity contribution in [3.63, 3.8) is 0 Å². The fourth-order valence-corrected chi connectivity index (χ4v) is 4.69. The number of fused-ring (bicyclic) bond motifs is 2. The van der Waals surface area contributed by atoms with Crippen LogP contribution < -0.4 is 5.32 Å². The monoisotopic (exact) mass is 278 g/mol. The van der Waals surface area contributed by atoms with Gasteiger partial charge in [0.2, 0.25) is 0 Å². The number of aryl methyl sites for hydroxylation is 1. The molecule has 2 atom stereocenters. The summed E-state index contributed by atoms with van der Waals surface area (Å²) in [5.74, 6) is 0. The molecule has 3 heterocycles. The van der Waals surface area contributed by atoms with Gasteiger partial charge in [-0.05, 0) is 57.7 Å². The van der Waals surface area contributed by atoms with Crippen molar-refractivity contribution in [2.24, 2.45) is 0 Å². The lowest BCUT2D eigenvalue weighted by atomic mass is 9.98. The van der Waals surface area contributed by atoms with Crippen LogP contribution in [0.15, 0.2) is 12.1 Å². The average molecular weight is 278 g/mol. The molecule has 2 aliphatic rings. The average Bonchev–Trinajstić information content (AvgIpc) is 2.95. The Kier molecular flexibility index (Phi) is 4.25. The Labute approximate surface area is 121 Å². The molecule has 1 aromatic rings. The van der Waals surface area contributed by atoms with Crippen molar-refractivity contribution < 1.29 is 0 Å². The van der Waals surface area contributed by atoms with Gasteiger partial charge in [-0.25, -0.2) is 0 Å². The topological polar surface area (TPSA) is 15.3 Å². The van der Waals surface area contributed by atoms with Crippen LogP contribution in [0.5, 0.6) is 0 Å². The summed E-state index contributed by atoms with van der Waals surface area (Å²) in [6.07, 6.45) is 6.80. The predicted octanol–water partition coefficient (Wildman–Crippen LogP) is 3.55. The molecule has 2 bridgehead atoms. The SMILES string of the molecule is CCCN(Cc1ccc(C)s1)C1CC2CCC(C1)N2. The summed E-state index contributed by atoms with van der Waals surface area (Å²) in [4.78, 5) is 5.73. The minimum atomic E-state index is 0.799. The van der Waals surface area contributed by atoms with Crippen molar-refractivity contribution in [2.45, 2.75) is 70.6 Å². The summed E-state index contributed by atoms with van der Waals surface area (Å²) in [7, 11) is 0. The number of rotatable bonds is 5. The summed E-state index contributed by atoms with van der Waals surface area (Å²) < 4.78 is 0. The number of nitrogens with zero attached hydrogens (tertiary/aromatic N) is 1. The first-order chi connectivity index (χ1) is 9.24. The molecule has 106 valence electrons. The third kappa shape index (κ3) is 3.21. The van der Waals surface area contributed by atoms with Crippen LogP contribution in [0, 0.1) is 6.92 Å². The molecule has 0 aliphatic carbocycles. The highest BCUT2D eigenvalue weighted by molar-refractivity contribution is 7.11. The molecule has 0 aromatic carbocycles. The molecule has 0 saturated carbocycles. The number of hydrogen-bond acceptors (Lipinski definition) is 3. The van der Waals surface area contributed by atoms with Crippen LogP contribution in [0.1, 0.15) is 48.8 Å². The molecular weight excluding hydrogens is 252 g/mol. The lowest BCUT2D eigenvalue weighted by molar-refractivity contribution is 0.135. The normalized spacial score (nSPS) is 30.2. The molecule has 0 radical (unpaired) electrons. The van der Waals surface area contributed by atoms with Crippen molar-refractivity contribution in [1.29, 1.82) is 0 Å². The summed E-state index contributed by atoms with van der Waals surface area (Å²) in [5, 5.41) is 3.76. The van der Waals surface area contributed by atoms with E-state index in [9.17, 15) is 0 Å². The van der Waals surface area contributed by atoms with Crippen molar-refractivity contribution in [3.8, 4) is 0 Å². The maximum Gasteiger partial charge on any atom is 0.0330 e. The standard InChI is InChI=1S/C16H26N2S/c1-3-8-18(11-16-7-4-12(2)19-16)15-9-13-5-6-14(10-15)17-13/h4,7,13-15,17H,3,5-6,8-11H2,1-2H3. The highest BCUT2D eigenvalue weighted by Gasteiger charge is 2.35. The first-order valence-corrected chi connectivity index (χ1v) is 8.61. The van der Waals surface area contributed by atoms with E-state index in [-0.39, 0.29) is 0 Å². The summed E-state index contributed by atoms with van der Waals surface area (Å²) in [6.45, 7) is 6.93. The number of nitrogens with one attached hydrogen (secondary N) is 1. The Morgan fingerprint density at radius 1 is 1.26 bits per heavy atom. The van der Waals surface area contributed by atoms with Crippen LogP contribution in [0.2, 0.25) is 0 Å². The summed E-state index contributed by atoms with van der Waals surface area (Å²) >= 11 is 1.97. The van der Waals surface area contributed by atoms with E-state index < -0.39 is 0 Å². The van der Waals surface area contributed by atoms with E-state index in [4.69, 9.17) is 0 Å². The first kappa shape index (κ1) is 13.6. The van der Waals surface area contributed by atoms with Gasteiger partial charge in [-0.2, -0.15) is 0 Å². The molecule has 3 rings (SSSR count). The molecule has 19 heavy (non-hydrogen) atoms. The highest BCUT2D eigenvalue weighted by Crippen LogP contribution is 2.31. The molecule has 2 nitrogen and oxygen atoms in total. The van der Waals surface area contributed by atoms with Crippen LogP contribution in [-0.2, 0) is 6.54 Å². The van der Waals surface area contributed by atoms with Gasteiger partial charge < -0.3 is 5.32 Å². The Balaban J connectivity index is 1.66. The van der Waals surface area contributed by atoms with E-state index in [0.717, 1.165) is 24.7 Å². The van der Waals surface area contributed by atoms with Crippen molar-refractivity contribution in [1.82, 2.24) is 10.2 Å². The van der Waals surface area contributed by atoms with Crippen molar-refractivity contribution in [2.75, 3.05) is 6.54 Å². The van der Waals surface area contributed by atoms with Crippen LogP contribution >= 0.6 is 11.3 Å². The van der Waals surface area contributed by atoms with Gasteiger partial charge in [0, 0.05) is 34.4 Å². The molecule has 3 heteroatoms. The van der Waals surface area contributed by atoms with E-state index in [2.05, 4.69) is 36.2 Å². The second-order valence-corrected chi connectivity index (χ2v) is 7.62. The zero-order chi connectivity index (χ0) is 13.2. The fraction of sp³-hybridized carbons (Fsp3) is 0.750. The minimum absolute atomic E-state index is 0.799. The summed E-state index contributed by atoms with van der Waals surface area (Å²) in [6, 6.07) is 6.98. The molecule has 2 saturated heterocycles. The molecule has 2 unspecified atom stereocenters. The van der Waals surface area contributed by atoms with E-state index in [1.807, 2.05) is 11.3 Å². The molecule has 1 N–H and O–H groups in total. The molecule has 0 spiro atoms. The van der Waals surface area contributed by atoms with Gasteiger partial charge in [0.25, 0.3) is 0 Å². The van der Waals surface area contributed by atoms with Crippen LogP contribution in [-0.4, -0.2) is 29.6 Å². The van der Waals surface area contributed by atoms with E-state index in [1.54, 1.807) is 0 Å². The van der Waals surface area contributed by atoms with Crippen LogP contribution in [0.25, 0.3) is 0 Å². The lowest BCUT2D eigenvalue weighted by Crippen LogP contribution is -2.48. The van der Waals surface area contributed by atoms with Gasteiger partial charge in [-0.15, -0.1) is 11.3 Å². The number of piperidine rings is 1.